The van der Waals surface area contributed by atoms with Crippen LogP contribution < -0.4 is 10.9 Å². The molecule has 0 radical (unpaired) electrons. The van der Waals surface area contributed by atoms with Gasteiger partial charge < -0.3 is 9.88 Å². The molecule has 1 aromatic heterocycles. The van der Waals surface area contributed by atoms with Gasteiger partial charge in [-0.25, -0.2) is 0 Å². The molecule has 1 fully saturated rings. The Bertz CT molecular complexity index is 673. The molecule has 126 valence electrons. The first-order valence-electron chi connectivity index (χ1n) is 8.46. The van der Waals surface area contributed by atoms with Gasteiger partial charge in [0.2, 0.25) is 0 Å². The number of hydrogen-bond acceptors (Lipinski definition) is 5. The number of aromatic nitrogens is 2. The normalized spacial score (nSPS) is 28.3. The van der Waals surface area contributed by atoms with E-state index < -0.39 is 0 Å². The summed E-state index contributed by atoms with van der Waals surface area (Å²) in [5.41, 5.74) is 0.801. The van der Waals surface area contributed by atoms with Crippen molar-refractivity contribution in [3.05, 3.63) is 15.9 Å². The largest absolute Gasteiger partial charge is 0.358 e. The average molecular weight is 399 g/mol. The fraction of sp³-hybridized carbons (Fsp3) is 0.750. The minimum atomic E-state index is -0.0504. The number of thioether (sulfide) groups is 1. The minimum Gasteiger partial charge on any atom is -0.358 e. The zero-order valence-corrected chi connectivity index (χ0v) is 15.9. The molecule has 2 aliphatic heterocycles. The van der Waals surface area contributed by atoms with E-state index in [4.69, 9.17) is 0 Å². The van der Waals surface area contributed by atoms with Crippen molar-refractivity contribution in [1.82, 2.24) is 14.5 Å². The van der Waals surface area contributed by atoms with E-state index in [-0.39, 0.29) is 10.3 Å². The van der Waals surface area contributed by atoms with Crippen LogP contribution in [0.15, 0.2) is 9.95 Å². The number of anilines is 1. The van der Waals surface area contributed by atoms with Crippen molar-refractivity contribution in [3.8, 4) is 0 Å². The van der Waals surface area contributed by atoms with Crippen LogP contribution in [-0.4, -0.2) is 37.2 Å². The second kappa shape index (κ2) is 6.08. The Kier molecular flexibility index (Phi) is 4.22. The highest BCUT2D eigenvalue weighted by Crippen LogP contribution is 2.43. The van der Waals surface area contributed by atoms with Crippen LogP contribution in [0, 0.1) is 0 Å². The van der Waals surface area contributed by atoms with Gasteiger partial charge in [-0.2, -0.15) is 4.98 Å². The molecule has 1 atom stereocenters. The highest BCUT2D eigenvalue weighted by atomic mass is 79.9. The van der Waals surface area contributed by atoms with Gasteiger partial charge in [-0.15, -0.1) is 0 Å². The lowest BCUT2D eigenvalue weighted by molar-refractivity contribution is 0.151. The van der Waals surface area contributed by atoms with Gasteiger partial charge in [0.05, 0.1) is 12.2 Å². The monoisotopic (exact) mass is 398 g/mol. The third-order valence-corrected chi connectivity index (χ3v) is 8.13. The lowest BCUT2D eigenvalue weighted by Gasteiger charge is -2.38. The van der Waals surface area contributed by atoms with Crippen molar-refractivity contribution in [2.75, 3.05) is 17.3 Å². The fourth-order valence-corrected chi connectivity index (χ4v) is 5.54. The third kappa shape index (κ3) is 2.85. The number of halogens is 1. The van der Waals surface area contributed by atoms with Crippen LogP contribution in [-0.2, 0) is 13.1 Å². The van der Waals surface area contributed by atoms with Gasteiger partial charge in [0.1, 0.15) is 5.82 Å². The molecule has 3 aliphatic rings. The summed E-state index contributed by atoms with van der Waals surface area (Å²) in [4.78, 5) is 19.3. The van der Waals surface area contributed by atoms with E-state index >= 15 is 0 Å². The number of alkyl halides is 1. The summed E-state index contributed by atoms with van der Waals surface area (Å²) in [6.45, 7) is 4.70. The molecule has 0 aromatic carbocycles. The summed E-state index contributed by atoms with van der Waals surface area (Å²) >= 11 is 5.30. The highest BCUT2D eigenvalue weighted by molar-refractivity contribution is 9.09. The highest BCUT2D eigenvalue weighted by Gasteiger charge is 2.38. The van der Waals surface area contributed by atoms with Crippen molar-refractivity contribution >= 4 is 33.5 Å². The molecule has 23 heavy (non-hydrogen) atoms. The Morgan fingerprint density at radius 3 is 2.91 bits per heavy atom. The summed E-state index contributed by atoms with van der Waals surface area (Å²) < 4.78 is 2.28. The van der Waals surface area contributed by atoms with Crippen LogP contribution in [0.3, 0.4) is 0 Å². The van der Waals surface area contributed by atoms with Gasteiger partial charge >= 0.3 is 0 Å². The fourth-order valence-electron chi connectivity index (χ4n) is 3.94. The molecule has 0 amide bonds. The maximum absolute atomic E-state index is 12.5. The molecule has 1 N–H and O–H groups in total. The van der Waals surface area contributed by atoms with Crippen LogP contribution in [0.1, 0.15) is 44.6 Å². The lowest BCUT2D eigenvalue weighted by Crippen LogP contribution is -2.45. The van der Waals surface area contributed by atoms with Crippen LogP contribution in [0.2, 0.25) is 0 Å². The first-order chi connectivity index (χ1) is 11.1. The maximum atomic E-state index is 12.5. The summed E-state index contributed by atoms with van der Waals surface area (Å²) in [7, 11) is 0. The van der Waals surface area contributed by atoms with E-state index in [0.29, 0.717) is 6.04 Å². The van der Waals surface area contributed by atoms with Crippen molar-refractivity contribution in [1.29, 1.82) is 0 Å². The summed E-state index contributed by atoms with van der Waals surface area (Å²) in [5, 5.41) is 5.28. The quantitative estimate of drug-likeness (QED) is 0.612. The zero-order chi connectivity index (χ0) is 16.0. The molecule has 5 nitrogen and oxygen atoms in total. The molecule has 1 aromatic rings. The van der Waals surface area contributed by atoms with Gasteiger partial charge in [0, 0.05) is 29.2 Å². The minimum absolute atomic E-state index is 0.0504. The zero-order valence-electron chi connectivity index (χ0n) is 13.5. The molecule has 0 saturated heterocycles. The average Bonchev–Trinajstić information content (AvgIpc) is 2.93. The van der Waals surface area contributed by atoms with Gasteiger partial charge in [0.25, 0.3) is 5.56 Å². The molecule has 3 heterocycles. The van der Waals surface area contributed by atoms with E-state index in [1.54, 1.807) is 11.8 Å². The number of fused-ring (bicyclic) bond motifs is 3. The second-order valence-electron chi connectivity index (χ2n) is 7.17. The predicted octanol–water partition coefficient (Wildman–Crippen LogP) is 3.02. The van der Waals surface area contributed by atoms with E-state index in [9.17, 15) is 4.79 Å². The van der Waals surface area contributed by atoms with Gasteiger partial charge in [-0.3, -0.25) is 9.69 Å². The molecule has 7 heteroatoms. The van der Waals surface area contributed by atoms with Crippen molar-refractivity contribution in [3.63, 3.8) is 0 Å². The Morgan fingerprint density at radius 1 is 1.39 bits per heavy atom. The van der Waals surface area contributed by atoms with Gasteiger partial charge in [0.15, 0.2) is 5.16 Å². The van der Waals surface area contributed by atoms with Crippen molar-refractivity contribution in [2.45, 2.75) is 68.1 Å². The Hall–Kier alpha value is -0.530. The van der Waals surface area contributed by atoms with E-state index in [1.807, 2.05) is 0 Å². The Balaban J connectivity index is 1.64. The smallest absolute Gasteiger partial charge is 0.280 e. The second-order valence-corrected chi connectivity index (χ2v) is 9.29. The van der Waals surface area contributed by atoms with E-state index in [2.05, 4.69) is 42.6 Å². The molecule has 1 aliphatic carbocycles. The predicted molar refractivity (Wildman–Crippen MR) is 97.5 cm³/mol. The summed E-state index contributed by atoms with van der Waals surface area (Å²) in [6, 6.07) is 0.615. The van der Waals surface area contributed by atoms with E-state index in [1.165, 1.54) is 32.1 Å². The molecule has 1 unspecified atom stereocenters. The summed E-state index contributed by atoms with van der Waals surface area (Å²) in [5.74, 6) is 1.00. The molecular weight excluding hydrogens is 376 g/mol. The Labute approximate surface area is 149 Å². The Morgan fingerprint density at radius 2 is 2.17 bits per heavy atom. The number of hydrogen-bond donors (Lipinski definition) is 1. The van der Waals surface area contributed by atoms with Gasteiger partial charge in [-0.1, -0.05) is 47.0 Å². The maximum Gasteiger partial charge on any atom is 0.280 e. The number of rotatable bonds is 2. The van der Waals surface area contributed by atoms with Crippen LogP contribution in [0.5, 0.6) is 0 Å². The first kappa shape index (κ1) is 16.0. The van der Waals surface area contributed by atoms with Crippen molar-refractivity contribution < 1.29 is 0 Å². The van der Waals surface area contributed by atoms with Crippen LogP contribution >= 0.6 is 27.7 Å². The van der Waals surface area contributed by atoms with Crippen molar-refractivity contribution in [2.24, 2.45) is 0 Å². The standard InChI is InChI=1S/C16H23BrN4OS/c1-16(8-17)9-21-13-12(14(22)19-15(21)23-16)7-20(10-18-13)11-5-3-2-4-6-11/h11,18H,2-10H2,1H3. The van der Waals surface area contributed by atoms with Crippen LogP contribution in [0.25, 0.3) is 0 Å². The molecule has 4 rings (SSSR count). The third-order valence-electron chi connectivity index (χ3n) is 5.26. The number of nitrogens with one attached hydrogen (secondary N) is 1. The number of nitrogens with zero attached hydrogens (tertiary/aromatic N) is 3. The van der Waals surface area contributed by atoms with Gasteiger partial charge in [-0.05, 0) is 19.8 Å². The lowest BCUT2D eigenvalue weighted by atomic mass is 9.94. The molecule has 0 bridgehead atoms. The first-order valence-corrected chi connectivity index (χ1v) is 10.4. The molecule has 1 saturated carbocycles. The molecule has 0 spiro atoms. The molecular formula is C16H23BrN4OS. The van der Waals surface area contributed by atoms with Crippen LogP contribution in [0.4, 0.5) is 5.82 Å². The van der Waals surface area contributed by atoms with E-state index in [0.717, 1.165) is 41.6 Å². The summed E-state index contributed by atoms with van der Waals surface area (Å²) in [6.07, 6.45) is 6.50. The topological polar surface area (TPSA) is 50.2 Å². The SMILES string of the molecule is CC1(CBr)Cn2c(nc(=O)c3c2NCN(C2CCCCC2)C3)S1.